The number of carboxylic acids is 1. The Balaban J connectivity index is 2.05. The molecule has 114 valence electrons. The Kier molecular flexibility index (Phi) is 5.51. The number of carboxylic acid groups (broad SMARTS) is 1. The molecule has 0 bridgehead atoms. The van der Waals surface area contributed by atoms with Gasteiger partial charge in [0.05, 0.1) is 0 Å². The van der Waals surface area contributed by atoms with Crippen LogP contribution < -0.4 is 0 Å². The van der Waals surface area contributed by atoms with Gasteiger partial charge in [0.1, 0.15) is 5.82 Å². The highest BCUT2D eigenvalue weighted by Crippen LogP contribution is 2.27. The van der Waals surface area contributed by atoms with Gasteiger partial charge in [-0.15, -0.1) is 0 Å². The fourth-order valence-electron chi connectivity index (χ4n) is 2.63. The van der Waals surface area contributed by atoms with Gasteiger partial charge in [0, 0.05) is 19.2 Å². The SMILES string of the molecule is CCN(Cc1cc(F)cc(/C=C/C(=O)O)c1)CC1CCC1. The third-order valence-electron chi connectivity index (χ3n) is 3.99. The van der Waals surface area contributed by atoms with Crippen LogP contribution in [0.3, 0.4) is 0 Å². The van der Waals surface area contributed by atoms with Gasteiger partial charge in [0.15, 0.2) is 0 Å². The first-order chi connectivity index (χ1) is 10.1. The molecule has 0 radical (unpaired) electrons. The lowest BCUT2D eigenvalue weighted by Gasteiger charge is -2.31. The van der Waals surface area contributed by atoms with Gasteiger partial charge in [0.25, 0.3) is 0 Å². The second kappa shape index (κ2) is 7.36. The highest BCUT2D eigenvalue weighted by atomic mass is 19.1. The molecule has 0 saturated heterocycles. The first-order valence-electron chi connectivity index (χ1n) is 7.49. The lowest BCUT2D eigenvalue weighted by Crippen LogP contribution is -2.32. The molecule has 21 heavy (non-hydrogen) atoms. The zero-order chi connectivity index (χ0) is 15.2. The number of hydrogen-bond donors (Lipinski definition) is 1. The largest absolute Gasteiger partial charge is 0.478 e. The van der Waals surface area contributed by atoms with E-state index >= 15 is 0 Å². The van der Waals surface area contributed by atoms with Crippen molar-refractivity contribution >= 4 is 12.0 Å². The van der Waals surface area contributed by atoms with Gasteiger partial charge in [-0.2, -0.15) is 0 Å². The summed E-state index contributed by atoms with van der Waals surface area (Å²) in [5.41, 5.74) is 1.48. The van der Waals surface area contributed by atoms with Crippen LogP contribution in [0.1, 0.15) is 37.3 Å². The molecular formula is C17H22FNO2. The number of benzene rings is 1. The van der Waals surface area contributed by atoms with Crippen LogP contribution in [0.25, 0.3) is 6.08 Å². The molecule has 1 saturated carbocycles. The molecule has 1 aromatic carbocycles. The van der Waals surface area contributed by atoms with E-state index in [-0.39, 0.29) is 5.82 Å². The highest BCUT2D eigenvalue weighted by molar-refractivity contribution is 5.85. The van der Waals surface area contributed by atoms with Crippen molar-refractivity contribution in [2.24, 2.45) is 5.92 Å². The van der Waals surface area contributed by atoms with Crippen molar-refractivity contribution in [1.29, 1.82) is 0 Å². The van der Waals surface area contributed by atoms with E-state index in [9.17, 15) is 9.18 Å². The Morgan fingerprint density at radius 2 is 2.19 bits per heavy atom. The molecule has 0 aliphatic heterocycles. The minimum atomic E-state index is -1.03. The van der Waals surface area contributed by atoms with Gasteiger partial charge in [0.2, 0.25) is 0 Å². The minimum absolute atomic E-state index is 0.322. The van der Waals surface area contributed by atoms with Crippen LogP contribution in [-0.2, 0) is 11.3 Å². The maximum absolute atomic E-state index is 13.6. The van der Waals surface area contributed by atoms with E-state index in [0.29, 0.717) is 12.1 Å². The summed E-state index contributed by atoms with van der Waals surface area (Å²) in [6, 6.07) is 4.73. The monoisotopic (exact) mass is 291 g/mol. The Morgan fingerprint density at radius 1 is 1.43 bits per heavy atom. The van der Waals surface area contributed by atoms with Crippen molar-refractivity contribution in [3.05, 3.63) is 41.2 Å². The van der Waals surface area contributed by atoms with Crippen LogP contribution in [0.15, 0.2) is 24.3 Å². The van der Waals surface area contributed by atoms with E-state index in [1.54, 1.807) is 0 Å². The predicted molar refractivity (Wildman–Crippen MR) is 81.4 cm³/mol. The maximum Gasteiger partial charge on any atom is 0.328 e. The summed E-state index contributed by atoms with van der Waals surface area (Å²) in [6.45, 7) is 4.82. The average molecular weight is 291 g/mol. The van der Waals surface area contributed by atoms with E-state index in [1.807, 2.05) is 6.07 Å². The third-order valence-corrected chi connectivity index (χ3v) is 3.99. The lowest BCUT2D eigenvalue weighted by atomic mass is 9.85. The van der Waals surface area contributed by atoms with Crippen LogP contribution in [0.4, 0.5) is 4.39 Å². The minimum Gasteiger partial charge on any atom is -0.478 e. The topological polar surface area (TPSA) is 40.5 Å². The van der Waals surface area contributed by atoms with Crippen molar-refractivity contribution in [2.45, 2.75) is 32.7 Å². The molecule has 0 unspecified atom stereocenters. The van der Waals surface area contributed by atoms with E-state index in [0.717, 1.165) is 30.6 Å². The molecule has 1 aliphatic carbocycles. The number of carbonyl (C=O) groups is 1. The van der Waals surface area contributed by atoms with Gasteiger partial charge in [-0.3, -0.25) is 4.90 Å². The number of aliphatic carboxylic acids is 1. The van der Waals surface area contributed by atoms with Gasteiger partial charge in [-0.1, -0.05) is 19.4 Å². The Bertz CT molecular complexity index is 524. The molecule has 0 atom stereocenters. The Labute approximate surface area is 125 Å². The Morgan fingerprint density at radius 3 is 2.76 bits per heavy atom. The lowest BCUT2D eigenvalue weighted by molar-refractivity contribution is -0.131. The standard InChI is InChI=1S/C17H22FNO2/c1-2-19(11-13-4-3-5-13)12-15-8-14(6-7-17(20)21)9-16(18)10-15/h6-10,13H,2-5,11-12H2,1H3,(H,20,21)/b7-6+. The van der Waals surface area contributed by atoms with Crippen LogP contribution >= 0.6 is 0 Å². The van der Waals surface area contributed by atoms with Crippen LogP contribution in [0.5, 0.6) is 0 Å². The first kappa shape index (κ1) is 15.7. The molecule has 3 nitrogen and oxygen atoms in total. The number of halogens is 1. The zero-order valence-electron chi connectivity index (χ0n) is 12.4. The van der Waals surface area contributed by atoms with Gasteiger partial charge in [-0.05, 0) is 54.6 Å². The third kappa shape index (κ3) is 4.97. The number of nitrogens with zero attached hydrogens (tertiary/aromatic N) is 1. The fourth-order valence-corrected chi connectivity index (χ4v) is 2.63. The molecule has 1 aromatic rings. The highest BCUT2D eigenvalue weighted by Gasteiger charge is 2.20. The summed E-state index contributed by atoms with van der Waals surface area (Å²) in [7, 11) is 0. The summed E-state index contributed by atoms with van der Waals surface area (Å²) >= 11 is 0. The quantitative estimate of drug-likeness (QED) is 0.781. The van der Waals surface area contributed by atoms with Crippen LogP contribution in [-0.4, -0.2) is 29.1 Å². The van der Waals surface area contributed by atoms with Crippen molar-refractivity contribution in [2.75, 3.05) is 13.1 Å². The van der Waals surface area contributed by atoms with Gasteiger partial charge < -0.3 is 5.11 Å². The van der Waals surface area contributed by atoms with Crippen LogP contribution in [0.2, 0.25) is 0 Å². The second-order valence-electron chi connectivity index (χ2n) is 5.69. The van der Waals surface area contributed by atoms with Gasteiger partial charge in [-0.25, -0.2) is 9.18 Å². The summed E-state index contributed by atoms with van der Waals surface area (Å²) in [5, 5.41) is 8.64. The van der Waals surface area contributed by atoms with Crippen molar-refractivity contribution in [3.8, 4) is 0 Å². The van der Waals surface area contributed by atoms with E-state index in [4.69, 9.17) is 5.11 Å². The van der Waals surface area contributed by atoms with E-state index in [2.05, 4.69) is 11.8 Å². The van der Waals surface area contributed by atoms with Gasteiger partial charge >= 0.3 is 5.97 Å². The van der Waals surface area contributed by atoms with Crippen molar-refractivity contribution in [1.82, 2.24) is 4.90 Å². The molecule has 1 N–H and O–H groups in total. The van der Waals surface area contributed by atoms with Crippen molar-refractivity contribution in [3.63, 3.8) is 0 Å². The summed E-state index contributed by atoms with van der Waals surface area (Å²) in [5.74, 6) is -0.567. The predicted octanol–water partition coefficient (Wildman–Crippen LogP) is 3.55. The molecule has 0 spiro atoms. The number of rotatable bonds is 7. The smallest absolute Gasteiger partial charge is 0.328 e. The molecule has 1 fully saturated rings. The van der Waals surface area contributed by atoms with Crippen LogP contribution in [0, 0.1) is 11.7 Å². The van der Waals surface area contributed by atoms with Crippen molar-refractivity contribution < 1.29 is 14.3 Å². The molecule has 2 rings (SSSR count). The number of hydrogen-bond acceptors (Lipinski definition) is 2. The molecule has 0 aromatic heterocycles. The normalized spacial score (nSPS) is 15.6. The molecular weight excluding hydrogens is 269 g/mol. The molecule has 4 heteroatoms. The summed E-state index contributed by atoms with van der Waals surface area (Å²) in [6.07, 6.45) is 6.38. The zero-order valence-corrected chi connectivity index (χ0v) is 12.4. The fraction of sp³-hybridized carbons (Fsp3) is 0.471. The second-order valence-corrected chi connectivity index (χ2v) is 5.69. The summed E-state index contributed by atoms with van der Waals surface area (Å²) in [4.78, 5) is 12.9. The molecule has 0 heterocycles. The first-order valence-corrected chi connectivity index (χ1v) is 7.49. The van der Waals surface area contributed by atoms with E-state index < -0.39 is 5.97 Å². The molecule has 1 aliphatic rings. The van der Waals surface area contributed by atoms with E-state index in [1.165, 1.54) is 37.5 Å². The molecule has 0 amide bonds. The Hall–Kier alpha value is -1.68. The average Bonchev–Trinajstić information content (AvgIpc) is 2.38. The maximum atomic E-state index is 13.6. The summed E-state index contributed by atoms with van der Waals surface area (Å²) < 4.78 is 13.6.